The number of carbonyl (C=O) groups is 1. The second-order valence-electron chi connectivity index (χ2n) is 5.66. The summed E-state index contributed by atoms with van der Waals surface area (Å²) in [6, 6.07) is 0. The number of nitrogens with zero attached hydrogens (tertiary/aromatic N) is 5. The number of hydrogen-bond acceptors (Lipinski definition) is 5. The Morgan fingerprint density at radius 2 is 1.96 bits per heavy atom. The topological polar surface area (TPSA) is 89.4 Å². The Morgan fingerprint density at radius 1 is 1.26 bits per heavy atom. The van der Waals surface area contributed by atoms with Crippen molar-refractivity contribution < 1.29 is 18.0 Å². The molecule has 2 N–H and O–H groups in total. The van der Waals surface area contributed by atoms with Crippen LogP contribution in [-0.2, 0) is 11.0 Å². The highest BCUT2D eigenvalue weighted by molar-refractivity contribution is 5.78. The number of aryl methyl sites for hydroxylation is 1. The van der Waals surface area contributed by atoms with Crippen LogP contribution in [0.1, 0.15) is 23.4 Å². The molecule has 0 aliphatic carbocycles. The van der Waals surface area contributed by atoms with Crippen molar-refractivity contribution in [1.29, 1.82) is 0 Å². The zero-order valence-electron chi connectivity index (χ0n) is 12.6. The van der Waals surface area contributed by atoms with E-state index in [9.17, 15) is 18.0 Å². The average Bonchev–Trinajstić information content (AvgIpc) is 3.08. The lowest BCUT2D eigenvalue weighted by Crippen LogP contribution is -2.29. The van der Waals surface area contributed by atoms with E-state index in [2.05, 4.69) is 15.3 Å². The molecular formula is C13H15F3N6O. The van der Waals surface area contributed by atoms with Crippen molar-refractivity contribution in [3.63, 3.8) is 0 Å². The smallest absolute Gasteiger partial charge is 0.369 e. The van der Waals surface area contributed by atoms with Crippen molar-refractivity contribution >= 4 is 17.4 Å². The van der Waals surface area contributed by atoms with Gasteiger partial charge in [0.05, 0.1) is 5.92 Å². The number of anilines is 1. The van der Waals surface area contributed by atoms with Crippen LogP contribution in [-0.4, -0.2) is 38.8 Å². The first-order valence-electron chi connectivity index (χ1n) is 7.04. The minimum atomic E-state index is -4.65. The van der Waals surface area contributed by atoms with Crippen LogP contribution in [0, 0.1) is 19.8 Å². The van der Waals surface area contributed by atoms with Crippen molar-refractivity contribution in [3.05, 3.63) is 17.0 Å². The molecular weight excluding hydrogens is 313 g/mol. The van der Waals surface area contributed by atoms with Gasteiger partial charge in [0.1, 0.15) is 0 Å². The van der Waals surface area contributed by atoms with Gasteiger partial charge in [-0.25, -0.2) is 0 Å². The third-order valence-electron chi connectivity index (χ3n) is 4.21. The van der Waals surface area contributed by atoms with E-state index in [1.54, 1.807) is 18.7 Å². The van der Waals surface area contributed by atoms with Crippen LogP contribution >= 0.6 is 0 Å². The fraction of sp³-hybridized carbons (Fsp3) is 0.538. The first-order valence-corrected chi connectivity index (χ1v) is 7.04. The molecule has 124 valence electrons. The number of amides is 1. The first-order chi connectivity index (χ1) is 10.7. The van der Waals surface area contributed by atoms with E-state index in [1.165, 1.54) is 0 Å². The zero-order valence-corrected chi connectivity index (χ0v) is 12.6. The number of rotatable bonds is 2. The lowest BCUT2D eigenvalue weighted by Gasteiger charge is -2.20. The van der Waals surface area contributed by atoms with Gasteiger partial charge in [-0.3, -0.25) is 4.79 Å². The maximum absolute atomic E-state index is 13.0. The highest BCUT2D eigenvalue weighted by Crippen LogP contribution is 2.32. The van der Waals surface area contributed by atoms with E-state index in [-0.39, 0.29) is 11.6 Å². The Morgan fingerprint density at radius 3 is 2.52 bits per heavy atom. The van der Waals surface area contributed by atoms with E-state index in [0.717, 1.165) is 4.52 Å². The number of aromatic nitrogens is 4. The molecule has 0 aromatic carbocycles. The third kappa shape index (κ3) is 2.47. The van der Waals surface area contributed by atoms with Gasteiger partial charge in [-0.1, -0.05) is 0 Å². The summed E-state index contributed by atoms with van der Waals surface area (Å²) in [7, 11) is 0. The molecule has 0 bridgehead atoms. The van der Waals surface area contributed by atoms with Crippen molar-refractivity contribution in [2.24, 2.45) is 11.7 Å². The summed E-state index contributed by atoms with van der Waals surface area (Å²) in [6.45, 7) is 4.29. The molecule has 1 unspecified atom stereocenters. The van der Waals surface area contributed by atoms with Gasteiger partial charge in [0.25, 0.3) is 5.82 Å². The molecule has 23 heavy (non-hydrogen) atoms. The molecule has 1 aliphatic rings. The number of halogens is 3. The van der Waals surface area contributed by atoms with Crippen LogP contribution in [0.15, 0.2) is 0 Å². The lowest BCUT2D eigenvalue weighted by molar-refractivity contribution is -0.146. The van der Waals surface area contributed by atoms with Gasteiger partial charge in [-0.2, -0.15) is 17.7 Å². The van der Waals surface area contributed by atoms with E-state index in [4.69, 9.17) is 5.73 Å². The molecule has 1 saturated heterocycles. The maximum atomic E-state index is 13.0. The number of nitrogens with two attached hydrogens (primary N) is 1. The second kappa shape index (κ2) is 5.07. The summed E-state index contributed by atoms with van der Waals surface area (Å²) in [5.41, 5.74) is 6.66. The maximum Gasteiger partial charge on any atom is 0.453 e. The standard InChI is InChI=1S/C13H15F3N6O/c1-6-7(2)11(21-4-3-8(5-21)9(17)23)20-22-10(6)18-19-12(22)13(14,15)16/h8H,3-5H2,1-2H3,(H2,17,23). The average molecular weight is 328 g/mol. The summed E-state index contributed by atoms with van der Waals surface area (Å²) < 4.78 is 39.8. The number of hydrogen-bond donors (Lipinski definition) is 1. The Balaban J connectivity index is 2.11. The first kappa shape index (κ1) is 15.5. The quantitative estimate of drug-likeness (QED) is 0.891. The number of alkyl halides is 3. The Kier molecular flexibility index (Phi) is 3.42. The van der Waals surface area contributed by atoms with Crippen molar-refractivity contribution in [2.75, 3.05) is 18.0 Å². The van der Waals surface area contributed by atoms with E-state index in [1.807, 2.05) is 0 Å². The highest BCUT2D eigenvalue weighted by atomic mass is 19.4. The number of carbonyl (C=O) groups excluding carboxylic acids is 1. The molecule has 1 amide bonds. The highest BCUT2D eigenvalue weighted by Gasteiger charge is 2.39. The summed E-state index contributed by atoms with van der Waals surface area (Å²) in [5, 5.41) is 10.9. The van der Waals surface area contributed by atoms with Gasteiger partial charge in [0, 0.05) is 24.2 Å². The molecule has 1 fully saturated rings. The SMILES string of the molecule is Cc1c(N2CCC(C(N)=O)C2)nn2c(C(F)(F)F)nnc2c1C. The fourth-order valence-electron chi connectivity index (χ4n) is 2.78. The molecule has 1 aliphatic heterocycles. The van der Waals surface area contributed by atoms with Gasteiger partial charge in [0.2, 0.25) is 5.91 Å². The summed E-state index contributed by atoms with van der Waals surface area (Å²) in [5.74, 6) is -1.51. The molecule has 7 nitrogen and oxygen atoms in total. The minimum Gasteiger partial charge on any atom is -0.369 e. The normalized spacial score (nSPS) is 18.8. The van der Waals surface area contributed by atoms with Crippen molar-refractivity contribution in [1.82, 2.24) is 19.8 Å². The Labute approximate surface area is 129 Å². The molecule has 10 heteroatoms. The molecule has 3 rings (SSSR count). The Bertz CT molecular complexity index is 784. The van der Waals surface area contributed by atoms with Gasteiger partial charge >= 0.3 is 6.18 Å². The predicted molar refractivity (Wildman–Crippen MR) is 74.8 cm³/mol. The Hall–Kier alpha value is -2.39. The van der Waals surface area contributed by atoms with Crippen LogP contribution in [0.25, 0.3) is 5.65 Å². The second-order valence-corrected chi connectivity index (χ2v) is 5.66. The van der Waals surface area contributed by atoms with Crippen molar-refractivity contribution in [2.45, 2.75) is 26.4 Å². The zero-order chi connectivity index (χ0) is 16.9. The lowest BCUT2D eigenvalue weighted by atomic mass is 10.1. The molecule has 2 aromatic rings. The van der Waals surface area contributed by atoms with E-state index >= 15 is 0 Å². The fourth-order valence-corrected chi connectivity index (χ4v) is 2.78. The number of primary amides is 1. The van der Waals surface area contributed by atoms with Crippen LogP contribution in [0.4, 0.5) is 19.0 Å². The molecule has 3 heterocycles. The summed E-state index contributed by atoms with van der Waals surface area (Å²) in [6.07, 6.45) is -4.09. The molecule has 1 atom stereocenters. The van der Waals surface area contributed by atoms with Crippen LogP contribution in [0.2, 0.25) is 0 Å². The van der Waals surface area contributed by atoms with Gasteiger partial charge in [0.15, 0.2) is 11.5 Å². The van der Waals surface area contributed by atoms with E-state index < -0.39 is 17.9 Å². The molecule has 0 saturated carbocycles. The molecule has 0 radical (unpaired) electrons. The van der Waals surface area contributed by atoms with Crippen LogP contribution in [0.5, 0.6) is 0 Å². The van der Waals surface area contributed by atoms with E-state index in [0.29, 0.717) is 36.5 Å². The van der Waals surface area contributed by atoms with Crippen molar-refractivity contribution in [3.8, 4) is 0 Å². The monoisotopic (exact) mass is 328 g/mol. The van der Waals surface area contributed by atoms with Crippen LogP contribution < -0.4 is 10.6 Å². The molecule has 0 spiro atoms. The largest absolute Gasteiger partial charge is 0.453 e. The summed E-state index contributed by atoms with van der Waals surface area (Å²) in [4.78, 5) is 13.1. The van der Waals surface area contributed by atoms with Gasteiger partial charge in [-0.15, -0.1) is 15.3 Å². The summed E-state index contributed by atoms with van der Waals surface area (Å²) >= 11 is 0. The van der Waals surface area contributed by atoms with Gasteiger partial charge in [-0.05, 0) is 20.3 Å². The minimum absolute atomic E-state index is 0.0734. The third-order valence-corrected chi connectivity index (χ3v) is 4.21. The molecule has 2 aromatic heterocycles. The predicted octanol–water partition coefficient (Wildman–Crippen LogP) is 1.07. The van der Waals surface area contributed by atoms with Gasteiger partial charge < -0.3 is 10.6 Å². The van der Waals surface area contributed by atoms with Crippen LogP contribution in [0.3, 0.4) is 0 Å². The number of fused-ring (bicyclic) bond motifs is 1.